The number of nitrogens with zero attached hydrogens (tertiary/aromatic N) is 5. The maximum absolute atomic E-state index is 5.95. The van der Waals surface area contributed by atoms with Crippen molar-refractivity contribution in [2.75, 3.05) is 5.73 Å². The Labute approximate surface area is 146 Å². The monoisotopic (exact) mass is 364 g/mol. The molecule has 118 valence electrons. The third-order valence-corrected chi connectivity index (χ3v) is 5.39. The number of halogens is 1. The molecule has 9 heteroatoms. The van der Waals surface area contributed by atoms with E-state index >= 15 is 0 Å². The van der Waals surface area contributed by atoms with Crippen molar-refractivity contribution >= 4 is 40.6 Å². The molecule has 1 aliphatic rings. The second kappa shape index (κ2) is 6.10. The predicted octanol–water partition coefficient (Wildman–Crippen LogP) is 3.44. The van der Waals surface area contributed by atoms with Crippen LogP contribution in [0.25, 0.3) is 0 Å². The molecule has 0 aliphatic heterocycles. The Balaban J connectivity index is 1.64. The summed E-state index contributed by atoms with van der Waals surface area (Å²) >= 11 is 9.10. The molecule has 0 unspecified atom stereocenters. The van der Waals surface area contributed by atoms with Crippen molar-refractivity contribution in [3.63, 3.8) is 0 Å². The zero-order valence-electron chi connectivity index (χ0n) is 12.0. The molecule has 1 aliphatic carbocycles. The van der Waals surface area contributed by atoms with Gasteiger partial charge in [0.1, 0.15) is 16.0 Å². The van der Waals surface area contributed by atoms with Gasteiger partial charge in [0.25, 0.3) is 0 Å². The summed E-state index contributed by atoms with van der Waals surface area (Å²) in [5.74, 6) is 1.15. The molecule has 2 N–H and O–H groups in total. The van der Waals surface area contributed by atoms with E-state index in [-0.39, 0.29) is 5.95 Å². The molecule has 0 spiro atoms. The largest absolute Gasteiger partial charge is 0.368 e. The van der Waals surface area contributed by atoms with E-state index in [9.17, 15) is 0 Å². The molecule has 0 amide bonds. The highest BCUT2D eigenvalue weighted by Crippen LogP contribution is 2.40. The second-order valence-corrected chi connectivity index (χ2v) is 7.65. The lowest BCUT2D eigenvalue weighted by Crippen LogP contribution is -2.03. The van der Waals surface area contributed by atoms with Crippen LogP contribution in [0.2, 0.25) is 5.15 Å². The zero-order chi connectivity index (χ0) is 15.8. The van der Waals surface area contributed by atoms with E-state index < -0.39 is 0 Å². The summed E-state index contributed by atoms with van der Waals surface area (Å²) in [5, 5.41) is 12.6. The van der Waals surface area contributed by atoms with E-state index in [1.165, 1.54) is 16.6 Å². The van der Waals surface area contributed by atoms with Gasteiger partial charge in [-0.1, -0.05) is 17.7 Å². The highest BCUT2D eigenvalue weighted by atomic mass is 35.5. The van der Waals surface area contributed by atoms with Crippen LogP contribution in [0.1, 0.15) is 29.6 Å². The van der Waals surface area contributed by atoms with Crippen LogP contribution in [-0.4, -0.2) is 24.7 Å². The smallest absolute Gasteiger partial charge is 0.222 e. The van der Waals surface area contributed by atoms with Gasteiger partial charge in [-0.25, -0.2) is 9.97 Å². The molecule has 1 saturated carbocycles. The standard InChI is InChI=1S/C14H13ClN6S2/c15-10-7-12(18-13(16)17-10)23-14-20-19-11(21(14)8-3-4-8)6-9-2-1-5-22-9/h1-2,5,7-8H,3-4,6H2,(H2,16,17,18). The van der Waals surface area contributed by atoms with Crippen molar-refractivity contribution in [1.29, 1.82) is 0 Å². The maximum Gasteiger partial charge on any atom is 0.222 e. The molecule has 3 aromatic rings. The second-order valence-electron chi connectivity index (χ2n) is 5.25. The van der Waals surface area contributed by atoms with E-state index in [0.717, 1.165) is 30.2 Å². The van der Waals surface area contributed by atoms with Crippen LogP contribution in [-0.2, 0) is 6.42 Å². The molecule has 0 saturated heterocycles. The third-order valence-electron chi connectivity index (χ3n) is 3.44. The minimum Gasteiger partial charge on any atom is -0.368 e. The van der Waals surface area contributed by atoms with Gasteiger partial charge in [-0.05, 0) is 36.0 Å². The van der Waals surface area contributed by atoms with Gasteiger partial charge < -0.3 is 10.3 Å². The fourth-order valence-corrected chi connectivity index (χ4v) is 4.21. The van der Waals surface area contributed by atoms with Gasteiger partial charge in [0.15, 0.2) is 5.16 Å². The normalized spacial score (nSPS) is 14.3. The molecule has 0 radical (unpaired) electrons. The van der Waals surface area contributed by atoms with E-state index in [2.05, 4.69) is 42.2 Å². The summed E-state index contributed by atoms with van der Waals surface area (Å²) in [7, 11) is 0. The van der Waals surface area contributed by atoms with Crippen molar-refractivity contribution in [2.45, 2.75) is 35.5 Å². The van der Waals surface area contributed by atoms with Crippen LogP contribution in [0.4, 0.5) is 5.95 Å². The van der Waals surface area contributed by atoms with E-state index in [1.807, 2.05) is 0 Å². The van der Waals surface area contributed by atoms with Gasteiger partial charge >= 0.3 is 0 Å². The quantitative estimate of drug-likeness (QED) is 0.698. The van der Waals surface area contributed by atoms with E-state index in [4.69, 9.17) is 17.3 Å². The third kappa shape index (κ3) is 3.34. The number of thiophene rings is 1. The predicted molar refractivity (Wildman–Crippen MR) is 91.0 cm³/mol. The van der Waals surface area contributed by atoms with Crippen LogP contribution >= 0.6 is 34.7 Å². The van der Waals surface area contributed by atoms with Crippen LogP contribution < -0.4 is 5.73 Å². The first-order chi connectivity index (χ1) is 11.2. The number of nitrogens with two attached hydrogens (primary N) is 1. The number of aromatic nitrogens is 5. The Hall–Kier alpha value is -1.64. The fourth-order valence-electron chi connectivity index (χ4n) is 2.33. The van der Waals surface area contributed by atoms with Gasteiger partial charge in [0.05, 0.1) is 0 Å². The summed E-state index contributed by atoms with van der Waals surface area (Å²) < 4.78 is 2.22. The molecule has 3 aromatic heterocycles. The van der Waals surface area contributed by atoms with Gasteiger partial charge in [-0.2, -0.15) is 0 Å². The Kier molecular flexibility index (Phi) is 3.96. The summed E-state index contributed by atoms with van der Waals surface area (Å²) in [4.78, 5) is 9.36. The molecular formula is C14H13ClN6S2. The maximum atomic E-state index is 5.95. The first kappa shape index (κ1) is 14.9. The highest BCUT2D eigenvalue weighted by molar-refractivity contribution is 7.99. The summed E-state index contributed by atoms with van der Waals surface area (Å²) in [6.45, 7) is 0. The Morgan fingerprint density at radius 3 is 2.91 bits per heavy atom. The first-order valence-corrected chi connectivity index (χ1v) is 9.20. The molecule has 0 atom stereocenters. The lowest BCUT2D eigenvalue weighted by atomic mass is 10.3. The molecule has 3 heterocycles. The van der Waals surface area contributed by atoms with Crippen molar-refractivity contribution in [3.8, 4) is 0 Å². The molecular weight excluding hydrogens is 352 g/mol. The minimum absolute atomic E-state index is 0.163. The topological polar surface area (TPSA) is 82.5 Å². The average molecular weight is 365 g/mol. The molecule has 0 aromatic carbocycles. The number of nitrogen functional groups attached to an aromatic ring is 1. The number of anilines is 1. The number of hydrogen-bond donors (Lipinski definition) is 1. The number of hydrogen-bond acceptors (Lipinski definition) is 7. The van der Waals surface area contributed by atoms with Crippen LogP contribution in [0.5, 0.6) is 0 Å². The fraction of sp³-hybridized carbons (Fsp3) is 0.286. The van der Waals surface area contributed by atoms with Crippen LogP contribution in [0, 0.1) is 0 Å². The van der Waals surface area contributed by atoms with Gasteiger partial charge in [0.2, 0.25) is 5.95 Å². The highest BCUT2D eigenvalue weighted by Gasteiger charge is 2.30. The molecule has 6 nitrogen and oxygen atoms in total. The van der Waals surface area contributed by atoms with Gasteiger partial charge in [0, 0.05) is 23.4 Å². The molecule has 0 bridgehead atoms. The number of rotatable bonds is 5. The first-order valence-electron chi connectivity index (χ1n) is 7.13. The Morgan fingerprint density at radius 1 is 1.35 bits per heavy atom. The van der Waals surface area contributed by atoms with Crippen molar-refractivity contribution in [2.24, 2.45) is 0 Å². The Morgan fingerprint density at radius 2 is 2.22 bits per heavy atom. The van der Waals surface area contributed by atoms with Crippen molar-refractivity contribution < 1.29 is 0 Å². The summed E-state index contributed by atoms with van der Waals surface area (Å²) in [6.07, 6.45) is 3.12. The Bertz CT molecular complexity index is 808. The summed E-state index contributed by atoms with van der Waals surface area (Å²) in [5.41, 5.74) is 5.66. The van der Waals surface area contributed by atoms with Crippen molar-refractivity contribution in [1.82, 2.24) is 24.7 Å². The molecule has 4 rings (SSSR count). The lowest BCUT2D eigenvalue weighted by Gasteiger charge is -2.08. The van der Waals surface area contributed by atoms with Crippen LogP contribution in [0.15, 0.2) is 33.8 Å². The SMILES string of the molecule is Nc1nc(Cl)cc(Sc2nnc(Cc3cccs3)n2C2CC2)n1. The van der Waals surface area contributed by atoms with Crippen molar-refractivity contribution in [3.05, 3.63) is 39.4 Å². The van der Waals surface area contributed by atoms with E-state index in [1.54, 1.807) is 17.4 Å². The van der Waals surface area contributed by atoms with Gasteiger partial charge in [-0.3, -0.25) is 0 Å². The average Bonchev–Trinajstić information content (AvgIpc) is 3.05. The lowest BCUT2D eigenvalue weighted by molar-refractivity contribution is 0.634. The van der Waals surface area contributed by atoms with Crippen LogP contribution in [0.3, 0.4) is 0 Å². The summed E-state index contributed by atoms with van der Waals surface area (Å²) in [6, 6.07) is 6.35. The van der Waals surface area contributed by atoms with E-state index in [0.29, 0.717) is 16.2 Å². The molecule has 23 heavy (non-hydrogen) atoms. The minimum atomic E-state index is 0.163. The molecule has 1 fully saturated rings. The zero-order valence-corrected chi connectivity index (χ0v) is 14.4. The van der Waals surface area contributed by atoms with Gasteiger partial charge in [-0.15, -0.1) is 21.5 Å².